The average Bonchev–Trinajstić information content (AvgIpc) is 3.38. The lowest BCUT2D eigenvalue weighted by Crippen LogP contribution is -2.43. The summed E-state index contributed by atoms with van der Waals surface area (Å²) in [6.07, 6.45) is 1.85. The summed E-state index contributed by atoms with van der Waals surface area (Å²) in [4.78, 5) is 35.8. The maximum absolute atomic E-state index is 14.5. The summed E-state index contributed by atoms with van der Waals surface area (Å²) in [5.74, 6) is 1.12. The predicted molar refractivity (Wildman–Crippen MR) is 187 cm³/mol. The standard InChI is InChI=1S/C37H34BrN3O4S/c1-5-40(6-2)36(43)32-23(3)39-37-41(34(32)33-28-13-9-7-11-25(28)17-20-30(33)44-4)35(42)31(46-37)21-26-12-8-10-14-29(26)45-22-24-15-18-27(38)19-16-24/h7-21,34H,5-6,22H2,1-4H3/b31-21+/t34-/m0/s1. The molecule has 1 atom stereocenters. The highest BCUT2D eigenvalue weighted by atomic mass is 79.9. The number of thiazole rings is 1. The molecular weight excluding hydrogens is 662 g/mol. The minimum absolute atomic E-state index is 0.146. The van der Waals surface area contributed by atoms with Crippen molar-refractivity contribution in [2.75, 3.05) is 20.2 Å². The average molecular weight is 697 g/mol. The molecule has 0 saturated heterocycles. The van der Waals surface area contributed by atoms with Gasteiger partial charge in [0, 0.05) is 28.7 Å². The van der Waals surface area contributed by atoms with Gasteiger partial charge in [-0.15, -0.1) is 0 Å². The van der Waals surface area contributed by atoms with Crippen LogP contribution in [0, 0.1) is 0 Å². The zero-order chi connectivity index (χ0) is 32.4. The third-order valence-electron chi connectivity index (χ3n) is 8.24. The summed E-state index contributed by atoms with van der Waals surface area (Å²) in [5, 5.41) is 1.90. The van der Waals surface area contributed by atoms with E-state index in [0.29, 0.717) is 51.8 Å². The number of nitrogens with zero attached hydrogens (tertiary/aromatic N) is 3. The molecule has 0 radical (unpaired) electrons. The molecule has 46 heavy (non-hydrogen) atoms. The molecule has 7 nitrogen and oxygen atoms in total. The molecule has 0 spiro atoms. The van der Waals surface area contributed by atoms with Crippen molar-refractivity contribution in [1.82, 2.24) is 9.47 Å². The van der Waals surface area contributed by atoms with Crippen LogP contribution >= 0.6 is 27.3 Å². The van der Waals surface area contributed by atoms with Gasteiger partial charge in [-0.1, -0.05) is 87.9 Å². The van der Waals surface area contributed by atoms with Gasteiger partial charge < -0.3 is 14.4 Å². The number of aromatic nitrogens is 1. The summed E-state index contributed by atoms with van der Waals surface area (Å²) >= 11 is 4.78. The third kappa shape index (κ3) is 5.92. The van der Waals surface area contributed by atoms with Gasteiger partial charge in [-0.25, -0.2) is 4.99 Å². The number of hydrogen-bond donors (Lipinski definition) is 0. The van der Waals surface area contributed by atoms with E-state index < -0.39 is 6.04 Å². The molecule has 1 amide bonds. The summed E-state index contributed by atoms with van der Waals surface area (Å²) in [7, 11) is 1.62. The highest BCUT2D eigenvalue weighted by Crippen LogP contribution is 2.40. The van der Waals surface area contributed by atoms with Gasteiger partial charge in [-0.3, -0.25) is 14.2 Å². The number of para-hydroxylation sites is 1. The van der Waals surface area contributed by atoms with Crippen LogP contribution in [0.25, 0.3) is 16.8 Å². The summed E-state index contributed by atoms with van der Waals surface area (Å²) < 4.78 is 15.3. The van der Waals surface area contributed by atoms with E-state index in [1.54, 1.807) is 16.6 Å². The number of amides is 1. The highest BCUT2D eigenvalue weighted by Gasteiger charge is 2.36. The number of carbonyl (C=O) groups is 1. The van der Waals surface area contributed by atoms with E-state index in [2.05, 4.69) is 15.9 Å². The number of fused-ring (bicyclic) bond motifs is 2. The molecule has 234 valence electrons. The number of methoxy groups -OCH3 is 1. The van der Waals surface area contributed by atoms with E-state index in [0.717, 1.165) is 31.9 Å². The van der Waals surface area contributed by atoms with Gasteiger partial charge in [0.15, 0.2) is 4.80 Å². The minimum Gasteiger partial charge on any atom is -0.496 e. The molecule has 0 unspecified atom stereocenters. The molecule has 0 saturated carbocycles. The van der Waals surface area contributed by atoms with Crippen LogP contribution in [0.1, 0.15) is 43.5 Å². The van der Waals surface area contributed by atoms with Gasteiger partial charge >= 0.3 is 0 Å². The van der Waals surface area contributed by atoms with Crippen LogP contribution in [-0.4, -0.2) is 35.6 Å². The Hall–Kier alpha value is -4.47. The van der Waals surface area contributed by atoms with Crippen LogP contribution in [0.3, 0.4) is 0 Å². The second-order valence-corrected chi connectivity index (χ2v) is 12.8. The molecule has 2 heterocycles. The van der Waals surface area contributed by atoms with Crippen LogP contribution < -0.4 is 24.4 Å². The molecule has 0 aliphatic carbocycles. The molecule has 0 N–H and O–H groups in total. The van der Waals surface area contributed by atoms with E-state index in [1.165, 1.54) is 11.3 Å². The normalized spacial score (nSPS) is 14.6. The maximum Gasteiger partial charge on any atom is 0.271 e. The van der Waals surface area contributed by atoms with Gasteiger partial charge in [0.2, 0.25) is 0 Å². The van der Waals surface area contributed by atoms with Gasteiger partial charge in [-0.05, 0) is 67.4 Å². The SMILES string of the molecule is CCN(CC)C(=O)C1=C(C)N=c2s/c(=C/c3ccccc3OCc3ccc(Br)cc3)c(=O)n2[C@@H]1c1c(OC)ccc2ccccc12. The van der Waals surface area contributed by atoms with E-state index in [9.17, 15) is 9.59 Å². The molecule has 5 aromatic rings. The van der Waals surface area contributed by atoms with Crippen molar-refractivity contribution in [2.24, 2.45) is 4.99 Å². The lowest BCUT2D eigenvalue weighted by atomic mass is 9.90. The second kappa shape index (κ2) is 13.5. The van der Waals surface area contributed by atoms with E-state index in [1.807, 2.05) is 112 Å². The smallest absolute Gasteiger partial charge is 0.271 e. The molecule has 1 aliphatic rings. The Morgan fingerprint density at radius 2 is 1.70 bits per heavy atom. The number of rotatable bonds is 9. The van der Waals surface area contributed by atoms with Crippen molar-refractivity contribution in [3.63, 3.8) is 0 Å². The van der Waals surface area contributed by atoms with Crippen LogP contribution in [0.5, 0.6) is 11.5 Å². The number of allylic oxidation sites excluding steroid dienone is 1. The van der Waals surface area contributed by atoms with Gasteiger partial charge in [0.05, 0.1) is 22.9 Å². The first kappa shape index (κ1) is 31.5. The first-order valence-electron chi connectivity index (χ1n) is 15.2. The molecule has 6 rings (SSSR count). The number of ether oxygens (including phenoxy) is 2. The van der Waals surface area contributed by atoms with Crippen LogP contribution in [-0.2, 0) is 11.4 Å². The summed E-state index contributed by atoms with van der Waals surface area (Å²) in [5.41, 5.74) is 3.39. The molecule has 1 aliphatic heterocycles. The number of likely N-dealkylation sites (N-methyl/N-ethyl adjacent to an activating group) is 1. The van der Waals surface area contributed by atoms with E-state index in [4.69, 9.17) is 14.5 Å². The number of carbonyl (C=O) groups excluding carboxylic acids is 1. The molecule has 0 fully saturated rings. The lowest BCUT2D eigenvalue weighted by Gasteiger charge is -2.30. The molecule has 4 aromatic carbocycles. The first-order valence-corrected chi connectivity index (χ1v) is 16.8. The maximum atomic E-state index is 14.5. The van der Waals surface area contributed by atoms with Crippen molar-refractivity contribution in [1.29, 1.82) is 0 Å². The van der Waals surface area contributed by atoms with Crippen molar-refractivity contribution < 1.29 is 14.3 Å². The molecular formula is C37H34BrN3O4S. The molecule has 9 heteroatoms. The van der Waals surface area contributed by atoms with E-state index in [-0.39, 0.29) is 11.5 Å². The Labute approximate surface area is 279 Å². The zero-order valence-electron chi connectivity index (χ0n) is 26.1. The molecule has 0 bridgehead atoms. The highest BCUT2D eigenvalue weighted by molar-refractivity contribution is 9.10. The zero-order valence-corrected chi connectivity index (χ0v) is 28.5. The van der Waals surface area contributed by atoms with Crippen LogP contribution in [0.4, 0.5) is 0 Å². The number of benzene rings is 4. The van der Waals surface area contributed by atoms with Crippen molar-refractivity contribution in [3.05, 3.63) is 137 Å². The lowest BCUT2D eigenvalue weighted by molar-refractivity contribution is -0.127. The third-order valence-corrected chi connectivity index (χ3v) is 9.75. The Bertz CT molecular complexity index is 2150. The first-order chi connectivity index (χ1) is 22.3. The van der Waals surface area contributed by atoms with Gasteiger partial charge in [-0.2, -0.15) is 0 Å². The van der Waals surface area contributed by atoms with E-state index >= 15 is 0 Å². The fourth-order valence-corrected chi connectivity index (χ4v) is 7.20. The van der Waals surface area contributed by atoms with Gasteiger partial charge in [0.1, 0.15) is 24.1 Å². The summed E-state index contributed by atoms with van der Waals surface area (Å²) in [6, 6.07) is 26.8. The Kier molecular flexibility index (Phi) is 9.24. The largest absolute Gasteiger partial charge is 0.496 e. The minimum atomic E-state index is -0.739. The predicted octanol–water partition coefficient (Wildman–Crippen LogP) is 6.61. The number of halogens is 1. The topological polar surface area (TPSA) is 73.1 Å². The van der Waals surface area contributed by atoms with Gasteiger partial charge in [0.25, 0.3) is 11.5 Å². The van der Waals surface area contributed by atoms with Crippen molar-refractivity contribution >= 4 is 50.0 Å². The summed E-state index contributed by atoms with van der Waals surface area (Å²) in [6.45, 7) is 7.21. The van der Waals surface area contributed by atoms with Crippen molar-refractivity contribution in [3.8, 4) is 11.5 Å². The fourth-order valence-electron chi connectivity index (χ4n) is 5.90. The Morgan fingerprint density at radius 1 is 0.978 bits per heavy atom. The fraction of sp³-hybridized carbons (Fsp3) is 0.216. The second-order valence-electron chi connectivity index (χ2n) is 10.9. The quantitative estimate of drug-likeness (QED) is 0.174. The number of hydrogen-bond acceptors (Lipinski definition) is 6. The molecule has 1 aromatic heterocycles. The van der Waals surface area contributed by atoms with Crippen LogP contribution in [0.15, 0.2) is 110 Å². The Morgan fingerprint density at radius 3 is 2.43 bits per heavy atom. The van der Waals surface area contributed by atoms with Crippen LogP contribution in [0.2, 0.25) is 0 Å². The van der Waals surface area contributed by atoms with Crippen molar-refractivity contribution in [2.45, 2.75) is 33.4 Å². The Balaban J connectivity index is 1.54. The monoisotopic (exact) mass is 695 g/mol.